The molecule has 4 rings (SSSR count). The fraction of sp³-hybridized carbons (Fsp3) is 0. The van der Waals surface area contributed by atoms with E-state index >= 15 is 0 Å². The Kier molecular flexibility index (Phi) is 2.90. The highest BCUT2D eigenvalue weighted by atomic mass is 15.0. The number of nitrogen functional groups attached to an aromatic ring is 1. The van der Waals surface area contributed by atoms with Crippen molar-refractivity contribution in [2.45, 2.75) is 0 Å². The highest BCUT2D eigenvalue weighted by molar-refractivity contribution is 5.70. The summed E-state index contributed by atoms with van der Waals surface area (Å²) >= 11 is 0. The molecule has 0 bridgehead atoms. The van der Waals surface area contributed by atoms with Crippen molar-refractivity contribution in [2.75, 3.05) is 5.73 Å². The molecule has 106 valence electrons. The van der Waals surface area contributed by atoms with Gasteiger partial charge in [0.25, 0.3) is 0 Å². The number of imidazole rings is 1. The van der Waals surface area contributed by atoms with Gasteiger partial charge in [0.1, 0.15) is 5.65 Å². The summed E-state index contributed by atoms with van der Waals surface area (Å²) in [6.07, 6.45) is 4.02. The van der Waals surface area contributed by atoms with Crippen LogP contribution in [0.5, 0.6) is 0 Å². The second-order valence-corrected chi connectivity index (χ2v) is 5.28. The van der Waals surface area contributed by atoms with E-state index in [9.17, 15) is 0 Å². The van der Waals surface area contributed by atoms with Crippen LogP contribution in [-0.4, -0.2) is 9.38 Å². The minimum Gasteiger partial charge on any atom is -0.399 e. The van der Waals surface area contributed by atoms with Crippen molar-refractivity contribution >= 4 is 11.3 Å². The maximum Gasteiger partial charge on any atom is 0.137 e. The average Bonchev–Trinajstić information content (AvgIpc) is 2.99. The van der Waals surface area contributed by atoms with Crippen LogP contribution in [0.2, 0.25) is 0 Å². The van der Waals surface area contributed by atoms with Crippen molar-refractivity contribution in [1.29, 1.82) is 0 Å². The third kappa shape index (κ3) is 2.13. The zero-order valence-corrected chi connectivity index (χ0v) is 12.0. The van der Waals surface area contributed by atoms with Gasteiger partial charge in [0.15, 0.2) is 0 Å². The van der Waals surface area contributed by atoms with Gasteiger partial charge in [-0.3, -0.25) is 4.40 Å². The van der Waals surface area contributed by atoms with Gasteiger partial charge < -0.3 is 5.73 Å². The number of hydrogen-bond acceptors (Lipinski definition) is 2. The molecule has 0 aliphatic rings. The van der Waals surface area contributed by atoms with E-state index in [2.05, 4.69) is 39.8 Å². The minimum atomic E-state index is 0.770. The average molecular weight is 285 g/mol. The zero-order valence-electron chi connectivity index (χ0n) is 12.0. The third-order valence-electron chi connectivity index (χ3n) is 3.80. The minimum absolute atomic E-state index is 0.770. The Bertz CT molecular complexity index is 939. The number of aromatic nitrogens is 2. The fourth-order valence-electron chi connectivity index (χ4n) is 2.69. The van der Waals surface area contributed by atoms with Crippen LogP contribution in [0.15, 0.2) is 79.1 Å². The molecular weight excluding hydrogens is 270 g/mol. The van der Waals surface area contributed by atoms with Crippen LogP contribution in [0.3, 0.4) is 0 Å². The van der Waals surface area contributed by atoms with Crippen LogP contribution in [0.4, 0.5) is 5.69 Å². The highest BCUT2D eigenvalue weighted by Crippen LogP contribution is 2.25. The van der Waals surface area contributed by atoms with E-state index in [4.69, 9.17) is 5.73 Å². The second-order valence-electron chi connectivity index (χ2n) is 5.28. The van der Waals surface area contributed by atoms with Gasteiger partial charge in [0.05, 0.1) is 11.9 Å². The van der Waals surface area contributed by atoms with Crippen LogP contribution < -0.4 is 5.73 Å². The van der Waals surface area contributed by atoms with Crippen molar-refractivity contribution in [3.05, 3.63) is 79.1 Å². The standard InChI is InChI=1S/C19H15N3/c20-17-8-4-7-15(11-17)16-9-10-19-21-12-18(22(19)13-16)14-5-2-1-3-6-14/h1-13H,20H2. The molecule has 0 aliphatic heterocycles. The number of anilines is 1. The van der Waals surface area contributed by atoms with E-state index in [-0.39, 0.29) is 0 Å². The largest absolute Gasteiger partial charge is 0.399 e. The van der Waals surface area contributed by atoms with Gasteiger partial charge in [0.2, 0.25) is 0 Å². The van der Waals surface area contributed by atoms with Crippen LogP contribution in [0, 0.1) is 0 Å². The van der Waals surface area contributed by atoms with E-state index in [1.807, 2.05) is 48.7 Å². The summed E-state index contributed by atoms with van der Waals surface area (Å²) in [5.74, 6) is 0. The Morgan fingerprint density at radius 2 is 1.59 bits per heavy atom. The Labute approximate surface area is 128 Å². The summed E-state index contributed by atoms with van der Waals surface area (Å²) in [4.78, 5) is 4.49. The van der Waals surface area contributed by atoms with Crippen molar-refractivity contribution in [2.24, 2.45) is 0 Å². The van der Waals surface area contributed by atoms with Crippen molar-refractivity contribution in [3.8, 4) is 22.4 Å². The van der Waals surface area contributed by atoms with Gasteiger partial charge in [0, 0.05) is 17.4 Å². The molecule has 0 fully saturated rings. The van der Waals surface area contributed by atoms with Crippen molar-refractivity contribution in [1.82, 2.24) is 9.38 Å². The summed E-state index contributed by atoms with van der Waals surface area (Å²) in [5.41, 5.74) is 12.1. The Morgan fingerprint density at radius 1 is 0.773 bits per heavy atom. The predicted octanol–water partition coefficient (Wildman–Crippen LogP) is 4.25. The van der Waals surface area contributed by atoms with E-state index in [0.717, 1.165) is 33.7 Å². The third-order valence-corrected chi connectivity index (χ3v) is 3.80. The van der Waals surface area contributed by atoms with Gasteiger partial charge in [-0.2, -0.15) is 0 Å². The number of pyridine rings is 1. The van der Waals surface area contributed by atoms with E-state index in [1.54, 1.807) is 0 Å². The fourth-order valence-corrected chi connectivity index (χ4v) is 2.69. The quantitative estimate of drug-likeness (QED) is 0.559. The molecule has 0 saturated carbocycles. The smallest absolute Gasteiger partial charge is 0.137 e. The maximum absolute atomic E-state index is 5.89. The molecule has 2 heterocycles. The maximum atomic E-state index is 5.89. The molecular formula is C19H15N3. The summed E-state index contributed by atoms with van der Waals surface area (Å²) in [6, 6.07) is 22.3. The molecule has 3 nitrogen and oxygen atoms in total. The second kappa shape index (κ2) is 5.04. The molecule has 2 N–H and O–H groups in total. The molecule has 4 aromatic rings. The summed E-state index contributed by atoms with van der Waals surface area (Å²) in [7, 11) is 0. The highest BCUT2D eigenvalue weighted by Gasteiger charge is 2.07. The number of hydrogen-bond donors (Lipinski definition) is 1. The molecule has 2 aromatic carbocycles. The number of fused-ring (bicyclic) bond motifs is 1. The molecule has 22 heavy (non-hydrogen) atoms. The van der Waals surface area contributed by atoms with Gasteiger partial charge in [-0.1, -0.05) is 42.5 Å². The molecule has 0 radical (unpaired) electrons. The molecule has 0 atom stereocenters. The first kappa shape index (κ1) is 12.7. The Morgan fingerprint density at radius 3 is 2.41 bits per heavy atom. The van der Waals surface area contributed by atoms with Gasteiger partial charge in [-0.05, 0) is 35.4 Å². The number of nitrogens with two attached hydrogens (primary N) is 1. The Hall–Kier alpha value is -3.07. The predicted molar refractivity (Wildman–Crippen MR) is 90.5 cm³/mol. The molecule has 0 aliphatic carbocycles. The number of nitrogens with zero attached hydrogens (tertiary/aromatic N) is 2. The SMILES string of the molecule is Nc1cccc(-c2ccc3ncc(-c4ccccc4)n3c2)c1. The summed E-state index contributed by atoms with van der Waals surface area (Å²) < 4.78 is 2.12. The van der Waals surface area contributed by atoms with E-state index < -0.39 is 0 Å². The lowest BCUT2D eigenvalue weighted by molar-refractivity contribution is 1.19. The van der Waals surface area contributed by atoms with Gasteiger partial charge >= 0.3 is 0 Å². The first-order valence-electron chi connectivity index (χ1n) is 7.20. The monoisotopic (exact) mass is 285 g/mol. The van der Waals surface area contributed by atoms with E-state index in [1.165, 1.54) is 0 Å². The number of rotatable bonds is 2. The molecule has 0 saturated heterocycles. The molecule has 0 amide bonds. The number of benzene rings is 2. The summed E-state index contributed by atoms with van der Waals surface area (Å²) in [6.45, 7) is 0. The van der Waals surface area contributed by atoms with Gasteiger partial charge in [-0.15, -0.1) is 0 Å². The van der Waals surface area contributed by atoms with Gasteiger partial charge in [-0.25, -0.2) is 4.98 Å². The van der Waals surface area contributed by atoms with E-state index in [0.29, 0.717) is 0 Å². The first-order valence-corrected chi connectivity index (χ1v) is 7.20. The van der Waals surface area contributed by atoms with Crippen LogP contribution in [0.1, 0.15) is 0 Å². The first-order chi connectivity index (χ1) is 10.8. The normalized spacial score (nSPS) is 10.9. The molecule has 0 spiro atoms. The zero-order chi connectivity index (χ0) is 14.9. The molecule has 2 aromatic heterocycles. The van der Waals surface area contributed by atoms with Crippen LogP contribution >= 0.6 is 0 Å². The van der Waals surface area contributed by atoms with Crippen molar-refractivity contribution in [3.63, 3.8) is 0 Å². The van der Waals surface area contributed by atoms with Crippen LogP contribution in [0.25, 0.3) is 28.0 Å². The lowest BCUT2D eigenvalue weighted by atomic mass is 10.1. The summed E-state index contributed by atoms with van der Waals surface area (Å²) in [5, 5.41) is 0. The lowest BCUT2D eigenvalue weighted by Crippen LogP contribution is -1.91. The van der Waals surface area contributed by atoms with Crippen LogP contribution in [-0.2, 0) is 0 Å². The molecule has 0 unspecified atom stereocenters. The molecule has 3 heteroatoms. The Balaban J connectivity index is 1.90. The van der Waals surface area contributed by atoms with Crippen molar-refractivity contribution < 1.29 is 0 Å². The lowest BCUT2D eigenvalue weighted by Gasteiger charge is -2.06. The topological polar surface area (TPSA) is 43.3 Å².